The third-order valence-electron chi connectivity index (χ3n) is 5.43. The lowest BCUT2D eigenvalue weighted by atomic mass is 10.0. The van der Waals surface area contributed by atoms with E-state index in [0.29, 0.717) is 22.3 Å². The van der Waals surface area contributed by atoms with Crippen LogP contribution in [0.3, 0.4) is 0 Å². The van der Waals surface area contributed by atoms with E-state index in [-0.39, 0.29) is 23.1 Å². The highest BCUT2D eigenvalue weighted by molar-refractivity contribution is 8.77. The van der Waals surface area contributed by atoms with Crippen molar-refractivity contribution in [2.24, 2.45) is 0 Å². The topological polar surface area (TPSA) is 68.3 Å². The van der Waals surface area contributed by atoms with Crippen molar-refractivity contribution in [3.05, 3.63) is 144 Å². The monoisotopic (exact) mass is 510 g/mol. The van der Waals surface area contributed by atoms with Crippen LogP contribution in [0.1, 0.15) is 41.4 Å². The highest BCUT2D eigenvalue weighted by Crippen LogP contribution is 2.37. The van der Waals surface area contributed by atoms with Crippen molar-refractivity contribution < 1.29 is 19.2 Å². The maximum Gasteiger partial charge on any atom is 0.184 e. The molecule has 0 atom stereocenters. The van der Waals surface area contributed by atoms with Crippen LogP contribution >= 0.6 is 21.6 Å². The Labute approximate surface area is 217 Å². The van der Waals surface area contributed by atoms with Crippen LogP contribution in [0.4, 0.5) is 0 Å². The van der Waals surface area contributed by atoms with Crippen molar-refractivity contribution in [1.29, 1.82) is 0 Å². The zero-order chi connectivity index (χ0) is 25.3. The van der Waals surface area contributed by atoms with Gasteiger partial charge in [0.2, 0.25) is 0 Å². The first-order chi connectivity index (χ1) is 17.6. The Balaban J connectivity index is 1.66. The third-order valence-corrected chi connectivity index (χ3v) is 8.27. The highest BCUT2D eigenvalue weighted by Gasteiger charge is 2.35. The zero-order valence-electron chi connectivity index (χ0n) is 19.2. The highest BCUT2D eigenvalue weighted by atomic mass is 33.1. The van der Waals surface area contributed by atoms with E-state index in [2.05, 4.69) is 0 Å². The van der Waals surface area contributed by atoms with E-state index in [4.69, 9.17) is 0 Å². The summed E-state index contributed by atoms with van der Waals surface area (Å²) in [6, 6.07) is 34.2. The summed E-state index contributed by atoms with van der Waals surface area (Å²) in [7, 11) is 1.91. The van der Waals surface area contributed by atoms with Crippen LogP contribution in [-0.2, 0) is 0 Å². The number of ketones is 4. The molecule has 0 unspecified atom stereocenters. The molecule has 0 saturated heterocycles. The van der Waals surface area contributed by atoms with Gasteiger partial charge in [-0.2, -0.15) is 0 Å². The van der Waals surface area contributed by atoms with Gasteiger partial charge in [-0.25, -0.2) is 0 Å². The van der Waals surface area contributed by atoms with Gasteiger partial charge < -0.3 is 0 Å². The van der Waals surface area contributed by atoms with Gasteiger partial charge in [0.15, 0.2) is 23.1 Å². The molecule has 0 aliphatic carbocycles. The summed E-state index contributed by atoms with van der Waals surface area (Å²) in [6.45, 7) is 0. The van der Waals surface area contributed by atoms with Crippen molar-refractivity contribution >= 4 is 44.7 Å². The molecule has 4 aromatic rings. The van der Waals surface area contributed by atoms with E-state index in [1.165, 1.54) is 0 Å². The van der Waals surface area contributed by atoms with Gasteiger partial charge in [0.1, 0.15) is 10.5 Å². The first-order valence-corrected chi connectivity index (χ1v) is 13.5. The molecule has 0 heterocycles. The SMILES string of the molecule is O=C(c1ccccc1)C(SSC(C(=O)c1ccccc1)C(=O)c1ccccc1)C(=O)c1ccccc1. The van der Waals surface area contributed by atoms with Gasteiger partial charge in [0.25, 0.3) is 0 Å². The van der Waals surface area contributed by atoms with Crippen LogP contribution in [0.15, 0.2) is 121 Å². The van der Waals surface area contributed by atoms with Gasteiger partial charge in [-0.05, 0) is 0 Å². The molecule has 4 nitrogen and oxygen atoms in total. The second-order valence-corrected chi connectivity index (χ2v) is 10.4. The van der Waals surface area contributed by atoms with Gasteiger partial charge in [0, 0.05) is 22.3 Å². The van der Waals surface area contributed by atoms with Crippen LogP contribution < -0.4 is 0 Å². The van der Waals surface area contributed by atoms with Crippen LogP contribution in [0.5, 0.6) is 0 Å². The van der Waals surface area contributed by atoms with Crippen LogP contribution in [0.25, 0.3) is 0 Å². The molecule has 0 amide bonds. The molecule has 178 valence electrons. The van der Waals surface area contributed by atoms with Crippen molar-refractivity contribution in [3.63, 3.8) is 0 Å². The molecule has 0 spiro atoms. The van der Waals surface area contributed by atoms with E-state index in [0.717, 1.165) is 21.6 Å². The third kappa shape index (κ3) is 6.08. The Bertz CT molecular complexity index is 1130. The Morgan fingerprint density at radius 3 is 0.750 bits per heavy atom. The second-order valence-electron chi connectivity index (χ2n) is 7.87. The average Bonchev–Trinajstić information content (AvgIpc) is 2.96. The lowest BCUT2D eigenvalue weighted by Crippen LogP contribution is -2.30. The number of benzene rings is 4. The van der Waals surface area contributed by atoms with E-state index >= 15 is 0 Å². The molecule has 36 heavy (non-hydrogen) atoms. The zero-order valence-corrected chi connectivity index (χ0v) is 20.8. The Hall–Kier alpha value is -3.74. The fourth-order valence-corrected chi connectivity index (χ4v) is 6.37. The Kier molecular flexibility index (Phi) is 8.66. The fourth-order valence-electron chi connectivity index (χ4n) is 3.54. The lowest BCUT2D eigenvalue weighted by molar-refractivity contribution is 0.0886. The van der Waals surface area contributed by atoms with Gasteiger partial charge in [0.05, 0.1) is 0 Å². The standard InChI is InChI=1S/C30H22O4S2/c31-25(21-13-5-1-6-14-21)29(26(32)22-15-7-2-8-16-22)35-36-30(27(33)23-17-9-3-10-18-23)28(34)24-19-11-4-12-20-24/h1-20,29-30H. The molecule has 4 rings (SSSR count). The molecule has 0 bridgehead atoms. The van der Waals surface area contributed by atoms with Crippen molar-refractivity contribution in [1.82, 2.24) is 0 Å². The van der Waals surface area contributed by atoms with E-state index in [9.17, 15) is 19.2 Å². The number of rotatable bonds is 11. The predicted molar refractivity (Wildman–Crippen MR) is 146 cm³/mol. The number of carbonyl (C=O) groups is 4. The minimum Gasteiger partial charge on any atom is -0.292 e. The number of hydrogen-bond acceptors (Lipinski definition) is 6. The summed E-state index contributed by atoms with van der Waals surface area (Å²) in [5.74, 6) is -1.50. The van der Waals surface area contributed by atoms with E-state index in [1.807, 2.05) is 0 Å². The van der Waals surface area contributed by atoms with Crippen LogP contribution in [0, 0.1) is 0 Å². The van der Waals surface area contributed by atoms with Gasteiger partial charge in [-0.15, -0.1) is 0 Å². The molecule has 6 heteroatoms. The maximum atomic E-state index is 13.4. The summed E-state index contributed by atoms with van der Waals surface area (Å²) in [5, 5.41) is -2.26. The van der Waals surface area contributed by atoms with Gasteiger partial charge in [-0.1, -0.05) is 143 Å². The smallest absolute Gasteiger partial charge is 0.184 e. The predicted octanol–water partition coefficient (Wildman–Crippen LogP) is 6.64. The minimum absolute atomic E-state index is 0.375. The van der Waals surface area contributed by atoms with Crippen LogP contribution in [-0.4, -0.2) is 33.6 Å². The molecule has 0 aromatic heterocycles. The fraction of sp³-hybridized carbons (Fsp3) is 0.0667. The van der Waals surface area contributed by atoms with Crippen molar-refractivity contribution in [2.75, 3.05) is 0 Å². The molecular weight excluding hydrogens is 488 g/mol. The maximum absolute atomic E-state index is 13.4. The van der Waals surface area contributed by atoms with Crippen molar-refractivity contribution in [3.8, 4) is 0 Å². The average molecular weight is 511 g/mol. The second kappa shape index (κ2) is 12.3. The largest absolute Gasteiger partial charge is 0.292 e. The number of Topliss-reactive ketones (excluding diaryl/α,β-unsaturated/α-hetero) is 4. The van der Waals surface area contributed by atoms with Crippen molar-refractivity contribution in [2.45, 2.75) is 10.5 Å². The van der Waals surface area contributed by atoms with E-state index < -0.39 is 10.5 Å². The van der Waals surface area contributed by atoms with Crippen LogP contribution in [0.2, 0.25) is 0 Å². The summed E-state index contributed by atoms with van der Waals surface area (Å²) < 4.78 is 0. The Morgan fingerprint density at radius 2 is 0.556 bits per heavy atom. The van der Waals surface area contributed by atoms with E-state index in [1.54, 1.807) is 121 Å². The first-order valence-electron chi connectivity index (χ1n) is 11.3. The molecule has 0 fully saturated rings. The molecular formula is C30H22O4S2. The lowest BCUT2D eigenvalue weighted by Gasteiger charge is -2.18. The quantitative estimate of drug-likeness (QED) is 0.128. The Morgan fingerprint density at radius 1 is 0.361 bits per heavy atom. The molecule has 4 aromatic carbocycles. The summed E-state index contributed by atoms with van der Waals surface area (Å²) in [5.41, 5.74) is 1.56. The minimum atomic E-state index is -1.13. The number of hydrogen-bond donors (Lipinski definition) is 0. The first kappa shape index (κ1) is 25.4. The molecule has 0 radical (unpaired) electrons. The van der Waals surface area contributed by atoms with Gasteiger partial charge >= 0.3 is 0 Å². The van der Waals surface area contributed by atoms with Gasteiger partial charge in [-0.3, -0.25) is 19.2 Å². The molecule has 0 aliphatic heterocycles. The molecule has 0 aliphatic rings. The normalized spacial score (nSPS) is 10.8. The molecule has 0 N–H and O–H groups in total. The summed E-state index contributed by atoms with van der Waals surface area (Å²) in [4.78, 5) is 53.7. The molecule has 0 saturated carbocycles. The number of carbonyl (C=O) groups excluding carboxylic acids is 4. The summed E-state index contributed by atoms with van der Waals surface area (Å²) in [6.07, 6.45) is 0. The summed E-state index contributed by atoms with van der Waals surface area (Å²) >= 11 is 0.